The van der Waals surface area contributed by atoms with Crippen molar-refractivity contribution in [3.05, 3.63) is 75.4 Å². The molecule has 1 saturated carbocycles. The van der Waals surface area contributed by atoms with Gasteiger partial charge in [-0.15, -0.1) is 24.8 Å². The number of hydrogen-bond donors (Lipinski definition) is 2. The summed E-state index contributed by atoms with van der Waals surface area (Å²) in [4.78, 5) is 14.8. The Bertz CT molecular complexity index is 1030. The Morgan fingerprint density at radius 3 is 2.38 bits per heavy atom. The van der Waals surface area contributed by atoms with E-state index < -0.39 is 0 Å². The Hall–Kier alpha value is -2.12. The van der Waals surface area contributed by atoms with Gasteiger partial charge in [-0.1, -0.05) is 23.7 Å². The zero-order chi connectivity index (χ0) is 20.9. The van der Waals surface area contributed by atoms with Gasteiger partial charge in [0.05, 0.1) is 10.4 Å². The van der Waals surface area contributed by atoms with Crippen LogP contribution in [0.4, 0.5) is 11.4 Å². The summed E-state index contributed by atoms with van der Waals surface area (Å²) < 4.78 is 0. The number of fused-ring (bicyclic) bond motifs is 1. The van der Waals surface area contributed by atoms with E-state index in [0.29, 0.717) is 17.1 Å². The maximum Gasteiger partial charge on any atom is 0.269 e. The van der Waals surface area contributed by atoms with Crippen LogP contribution in [0.1, 0.15) is 31.2 Å². The summed E-state index contributed by atoms with van der Waals surface area (Å²) in [5.74, 6) is 0. The number of halogens is 3. The summed E-state index contributed by atoms with van der Waals surface area (Å²) >= 11 is 6.08. The molecule has 0 unspecified atom stereocenters. The van der Waals surface area contributed by atoms with E-state index in [1.54, 1.807) is 12.1 Å². The number of anilines is 1. The molecule has 3 aromatic rings. The van der Waals surface area contributed by atoms with Gasteiger partial charge >= 0.3 is 0 Å². The van der Waals surface area contributed by atoms with Crippen molar-refractivity contribution >= 4 is 58.7 Å². The molecule has 9 heteroatoms. The molecule has 172 valence electrons. The van der Waals surface area contributed by atoms with Crippen LogP contribution in [-0.4, -0.2) is 28.5 Å². The minimum atomic E-state index is -0.363. The Labute approximate surface area is 205 Å². The minimum Gasteiger partial charge on any atom is -0.382 e. The first-order valence-electron chi connectivity index (χ1n) is 10.4. The highest BCUT2D eigenvalue weighted by Gasteiger charge is 2.21. The second-order valence-electron chi connectivity index (χ2n) is 7.84. The van der Waals surface area contributed by atoms with E-state index >= 15 is 0 Å². The van der Waals surface area contributed by atoms with Crippen LogP contribution in [0.3, 0.4) is 0 Å². The lowest BCUT2D eigenvalue weighted by atomic mass is 9.90. The van der Waals surface area contributed by atoms with Crippen LogP contribution in [0, 0.1) is 10.1 Å². The van der Waals surface area contributed by atoms with Gasteiger partial charge in [-0.25, -0.2) is 0 Å². The fourth-order valence-corrected chi connectivity index (χ4v) is 4.28. The number of nitrogens with one attached hydrogen (secondary N) is 2. The van der Waals surface area contributed by atoms with Crippen molar-refractivity contribution in [2.45, 2.75) is 44.2 Å². The molecule has 0 amide bonds. The normalized spacial score (nSPS) is 17.8. The first kappa shape index (κ1) is 26.1. The van der Waals surface area contributed by atoms with Crippen molar-refractivity contribution in [1.82, 2.24) is 10.3 Å². The smallest absolute Gasteiger partial charge is 0.269 e. The van der Waals surface area contributed by atoms with Crippen LogP contribution in [0.5, 0.6) is 0 Å². The molecule has 32 heavy (non-hydrogen) atoms. The van der Waals surface area contributed by atoms with Crippen molar-refractivity contribution in [2.75, 3.05) is 11.9 Å². The molecule has 2 N–H and O–H groups in total. The standard InChI is InChI=1S/C23H25ClN4O2.2ClH/c24-17-3-10-21-22(12-14-26-23(21)15-17)27-19-6-4-18(5-7-19)25-13-11-16-1-8-20(9-2-16)28(29)30;;/h1-3,8-10,12,14-15,18-19,25H,4-7,11,13H2,(H,26,27);2*1H. The van der Waals surface area contributed by atoms with Gasteiger partial charge in [0.25, 0.3) is 5.69 Å². The monoisotopic (exact) mass is 496 g/mol. The molecule has 1 heterocycles. The molecule has 0 aliphatic heterocycles. The molecule has 2 aromatic carbocycles. The fourth-order valence-electron chi connectivity index (χ4n) is 4.11. The number of non-ortho nitro benzene ring substituents is 1. The predicted octanol–water partition coefficient (Wildman–Crippen LogP) is 6.20. The maximum atomic E-state index is 10.7. The van der Waals surface area contributed by atoms with Crippen LogP contribution < -0.4 is 10.6 Å². The maximum absolute atomic E-state index is 10.7. The van der Waals surface area contributed by atoms with Gasteiger partial charge in [-0.05, 0) is 68.5 Å². The quantitative estimate of drug-likeness (QED) is 0.300. The van der Waals surface area contributed by atoms with Gasteiger partial charge < -0.3 is 10.6 Å². The molecule has 0 radical (unpaired) electrons. The lowest BCUT2D eigenvalue weighted by Crippen LogP contribution is -2.37. The summed E-state index contributed by atoms with van der Waals surface area (Å²) in [7, 11) is 0. The number of aromatic nitrogens is 1. The van der Waals surface area contributed by atoms with Crippen molar-refractivity contribution in [3.63, 3.8) is 0 Å². The van der Waals surface area contributed by atoms with E-state index in [4.69, 9.17) is 11.6 Å². The summed E-state index contributed by atoms with van der Waals surface area (Å²) in [6.07, 6.45) is 7.20. The zero-order valence-electron chi connectivity index (χ0n) is 17.5. The highest BCUT2D eigenvalue weighted by molar-refractivity contribution is 6.31. The molecule has 4 rings (SSSR count). The third-order valence-electron chi connectivity index (χ3n) is 5.79. The number of hydrogen-bond acceptors (Lipinski definition) is 5. The second-order valence-corrected chi connectivity index (χ2v) is 8.28. The fraction of sp³-hybridized carbons (Fsp3) is 0.348. The first-order chi connectivity index (χ1) is 14.6. The van der Waals surface area contributed by atoms with E-state index in [0.717, 1.165) is 60.8 Å². The molecule has 0 bridgehead atoms. The van der Waals surface area contributed by atoms with Crippen molar-refractivity contribution in [2.24, 2.45) is 0 Å². The lowest BCUT2D eigenvalue weighted by Gasteiger charge is -2.30. The SMILES string of the molecule is Cl.Cl.O=[N+]([O-])c1ccc(CCNC2CCC(Nc3ccnc4cc(Cl)ccc34)CC2)cc1. The van der Waals surface area contributed by atoms with Gasteiger partial charge in [-0.2, -0.15) is 0 Å². The van der Waals surface area contributed by atoms with E-state index in [1.165, 1.54) is 0 Å². The summed E-state index contributed by atoms with van der Waals surface area (Å²) in [6.45, 7) is 0.885. The molecule has 1 aliphatic rings. The highest BCUT2D eigenvalue weighted by atomic mass is 35.5. The number of nitro benzene ring substituents is 1. The average Bonchev–Trinajstić information content (AvgIpc) is 2.75. The molecular weight excluding hydrogens is 471 g/mol. The van der Waals surface area contributed by atoms with Gasteiger partial charge in [0.2, 0.25) is 0 Å². The van der Waals surface area contributed by atoms with Crippen LogP contribution in [0.15, 0.2) is 54.7 Å². The molecule has 0 spiro atoms. The third kappa shape index (κ3) is 6.69. The Balaban J connectivity index is 0.00000181. The summed E-state index contributed by atoms with van der Waals surface area (Å²) in [5, 5.41) is 19.9. The molecule has 1 aromatic heterocycles. The van der Waals surface area contributed by atoms with Crippen LogP contribution >= 0.6 is 36.4 Å². The van der Waals surface area contributed by atoms with Crippen LogP contribution in [0.25, 0.3) is 10.9 Å². The van der Waals surface area contributed by atoms with E-state index in [2.05, 4.69) is 15.6 Å². The third-order valence-corrected chi connectivity index (χ3v) is 6.02. The minimum absolute atomic E-state index is 0. The van der Waals surface area contributed by atoms with Gasteiger partial charge in [0.15, 0.2) is 0 Å². The second kappa shape index (κ2) is 12.2. The average molecular weight is 498 g/mol. The summed E-state index contributed by atoms with van der Waals surface area (Å²) in [5.41, 5.74) is 3.29. The van der Waals surface area contributed by atoms with Crippen molar-refractivity contribution < 1.29 is 4.92 Å². The zero-order valence-corrected chi connectivity index (χ0v) is 19.9. The lowest BCUT2D eigenvalue weighted by molar-refractivity contribution is -0.384. The number of pyridine rings is 1. The molecule has 0 saturated heterocycles. The van der Waals surface area contributed by atoms with E-state index in [-0.39, 0.29) is 35.4 Å². The number of rotatable bonds is 7. The van der Waals surface area contributed by atoms with E-state index in [9.17, 15) is 10.1 Å². The Morgan fingerprint density at radius 2 is 1.69 bits per heavy atom. The van der Waals surface area contributed by atoms with Crippen molar-refractivity contribution in [1.29, 1.82) is 0 Å². The molecular formula is C23H27Cl3N4O2. The molecule has 6 nitrogen and oxygen atoms in total. The van der Waals surface area contributed by atoms with Gasteiger partial charge in [0, 0.05) is 46.5 Å². The van der Waals surface area contributed by atoms with E-state index in [1.807, 2.05) is 42.6 Å². The van der Waals surface area contributed by atoms with Gasteiger partial charge in [-0.3, -0.25) is 15.1 Å². The summed E-state index contributed by atoms with van der Waals surface area (Å²) in [6, 6.07) is 15.7. The Morgan fingerprint density at radius 1 is 1.00 bits per heavy atom. The molecule has 1 aliphatic carbocycles. The number of benzene rings is 2. The molecule has 0 atom stereocenters. The van der Waals surface area contributed by atoms with Gasteiger partial charge in [0.1, 0.15) is 0 Å². The highest BCUT2D eigenvalue weighted by Crippen LogP contribution is 2.28. The van der Waals surface area contributed by atoms with Crippen LogP contribution in [-0.2, 0) is 6.42 Å². The first-order valence-corrected chi connectivity index (χ1v) is 10.7. The largest absolute Gasteiger partial charge is 0.382 e. The van der Waals surface area contributed by atoms with Crippen molar-refractivity contribution in [3.8, 4) is 0 Å². The molecule has 1 fully saturated rings. The topological polar surface area (TPSA) is 80.1 Å². The number of nitro groups is 1. The Kier molecular flexibility index (Phi) is 9.97. The van der Waals surface area contributed by atoms with Crippen LogP contribution in [0.2, 0.25) is 5.02 Å². The number of nitrogens with zero attached hydrogens (tertiary/aromatic N) is 2. The predicted molar refractivity (Wildman–Crippen MR) is 136 cm³/mol.